The minimum absolute atomic E-state index is 0.437. The lowest BCUT2D eigenvalue weighted by atomic mass is 9.89. The minimum Gasteiger partial charge on any atom is -0.380 e. The largest absolute Gasteiger partial charge is 0.380 e. The van der Waals surface area contributed by atoms with Crippen molar-refractivity contribution >= 4 is 16.6 Å². The number of aromatic nitrogens is 1. The van der Waals surface area contributed by atoms with Crippen molar-refractivity contribution < 1.29 is 4.74 Å². The molecule has 3 heteroatoms. The van der Waals surface area contributed by atoms with Crippen molar-refractivity contribution in [1.29, 1.82) is 0 Å². The fourth-order valence-corrected chi connectivity index (χ4v) is 2.64. The second kappa shape index (κ2) is 5.17. The van der Waals surface area contributed by atoms with Gasteiger partial charge in [-0.2, -0.15) is 0 Å². The van der Waals surface area contributed by atoms with Crippen LogP contribution in [0.5, 0.6) is 0 Å². The number of aryl methyl sites for hydroxylation is 1. The highest BCUT2D eigenvalue weighted by atomic mass is 16.5. The maximum atomic E-state index is 5.60. The molecule has 1 heterocycles. The van der Waals surface area contributed by atoms with E-state index in [0.29, 0.717) is 12.1 Å². The third-order valence-electron chi connectivity index (χ3n) is 3.72. The van der Waals surface area contributed by atoms with E-state index in [2.05, 4.69) is 47.6 Å². The summed E-state index contributed by atoms with van der Waals surface area (Å²) in [5.74, 6) is 0. The molecule has 3 nitrogen and oxygen atoms in total. The van der Waals surface area contributed by atoms with Crippen molar-refractivity contribution in [2.24, 2.45) is 0 Å². The topological polar surface area (TPSA) is 34.1 Å². The number of hydrogen-bond acceptors (Lipinski definition) is 3. The Kier molecular flexibility index (Phi) is 3.38. The maximum absolute atomic E-state index is 5.60. The van der Waals surface area contributed by atoms with E-state index in [1.807, 2.05) is 6.92 Å². The Hall–Kier alpha value is -1.61. The van der Waals surface area contributed by atoms with Gasteiger partial charge in [0.15, 0.2) is 0 Å². The van der Waals surface area contributed by atoms with Crippen molar-refractivity contribution in [3.63, 3.8) is 0 Å². The van der Waals surface area contributed by atoms with Crippen LogP contribution in [-0.4, -0.2) is 23.7 Å². The highest BCUT2D eigenvalue weighted by Gasteiger charge is 2.29. The molecule has 1 aromatic carbocycles. The number of fused-ring (bicyclic) bond motifs is 1. The number of nitrogens with zero attached hydrogens (tertiary/aromatic N) is 1. The van der Waals surface area contributed by atoms with E-state index in [-0.39, 0.29) is 0 Å². The van der Waals surface area contributed by atoms with Gasteiger partial charge in [-0.05, 0) is 38.8 Å². The van der Waals surface area contributed by atoms with Gasteiger partial charge in [0.05, 0.1) is 17.3 Å². The van der Waals surface area contributed by atoms with Gasteiger partial charge >= 0.3 is 0 Å². The molecule has 2 aromatic rings. The predicted molar refractivity (Wildman–Crippen MR) is 78.5 cm³/mol. The van der Waals surface area contributed by atoms with Gasteiger partial charge in [-0.1, -0.05) is 18.2 Å². The highest BCUT2D eigenvalue weighted by molar-refractivity contribution is 5.90. The Morgan fingerprint density at radius 2 is 2.11 bits per heavy atom. The van der Waals surface area contributed by atoms with Crippen molar-refractivity contribution in [3.05, 3.63) is 36.0 Å². The molecule has 1 fully saturated rings. The van der Waals surface area contributed by atoms with Crippen LogP contribution in [0.25, 0.3) is 10.9 Å². The first-order valence-corrected chi connectivity index (χ1v) is 7.01. The van der Waals surface area contributed by atoms with Crippen molar-refractivity contribution in [2.45, 2.75) is 38.8 Å². The van der Waals surface area contributed by atoms with Crippen LogP contribution in [0.15, 0.2) is 30.3 Å². The smallest absolute Gasteiger partial charge is 0.0936 e. The predicted octanol–water partition coefficient (Wildman–Crippen LogP) is 3.52. The van der Waals surface area contributed by atoms with Gasteiger partial charge in [0, 0.05) is 23.7 Å². The number of rotatable bonds is 4. The maximum Gasteiger partial charge on any atom is 0.0936 e. The molecule has 1 aromatic heterocycles. The average molecular weight is 256 g/mol. The molecule has 1 N–H and O–H groups in total. The molecule has 0 unspecified atom stereocenters. The third-order valence-corrected chi connectivity index (χ3v) is 3.72. The molecule has 19 heavy (non-hydrogen) atoms. The summed E-state index contributed by atoms with van der Waals surface area (Å²) in [6.07, 6.45) is 2.62. The summed E-state index contributed by atoms with van der Waals surface area (Å²) in [5.41, 5.74) is 3.27. The third kappa shape index (κ3) is 2.56. The molecular weight excluding hydrogens is 236 g/mol. The van der Waals surface area contributed by atoms with Crippen LogP contribution in [0.4, 0.5) is 5.69 Å². The Balaban J connectivity index is 1.76. The molecule has 0 amide bonds. The monoisotopic (exact) mass is 256 g/mol. The molecule has 0 radical (unpaired) electrons. The van der Waals surface area contributed by atoms with Gasteiger partial charge in [-0.3, -0.25) is 4.98 Å². The summed E-state index contributed by atoms with van der Waals surface area (Å²) in [5, 5.41) is 4.79. The number of ether oxygens (including phenoxy) is 1. The Morgan fingerprint density at radius 1 is 1.26 bits per heavy atom. The van der Waals surface area contributed by atoms with Crippen molar-refractivity contribution in [3.8, 4) is 0 Å². The number of pyridine rings is 1. The van der Waals surface area contributed by atoms with Crippen LogP contribution >= 0.6 is 0 Å². The molecule has 1 aliphatic carbocycles. The van der Waals surface area contributed by atoms with E-state index in [1.165, 1.54) is 5.39 Å². The zero-order chi connectivity index (χ0) is 13.2. The molecular formula is C16H20N2O. The van der Waals surface area contributed by atoms with Crippen LogP contribution in [0.2, 0.25) is 0 Å². The summed E-state index contributed by atoms with van der Waals surface area (Å²) < 4.78 is 5.60. The second-order valence-corrected chi connectivity index (χ2v) is 5.22. The first kappa shape index (κ1) is 12.4. The number of para-hydroxylation sites is 1. The summed E-state index contributed by atoms with van der Waals surface area (Å²) >= 11 is 0. The van der Waals surface area contributed by atoms with E-state index in [1.54, 1.807) is 0 Å². The Bertz CT molecular complexity index is 576. The highest BCUT2D eigenvalue weighted by Crippen LogP contribution is 2.29. The first-order chi connectivity index (χ1) is 9.26. The zero-order valence-corrected chi connectivity index (χ0v) is 11.5. The quantitative estimate of drug-likeness (QED) is 0.908. The van der Waals surface area contributed by atoms with Crippen LogP contribution < -0.4 is 5.32 Å². The lowest BCUT2D eigenvalue weighted by molar-refractivity contribution is 0.00301. The molecule has 1 aliphatic rings. The zero-order valence-electron chi connectivity index (χ0n) is 11.5. The minimum atomic E-state index is 0.437. The van der Waals surface area contributed by atoms with Crippen LogP contribution in [-0.2, 0) is 4.74 Å². The van der Waals surface area contributed by atoms with Gasteiger partial charge in [0.25, 0.3) is 0 Å². The van der Waals surface area contributed by atoms with Crippen molar-refractivity contribution in [2.75, 3.05) is 11.9 Å². The fraction of sp³-hybridized carbons (Fsp3) is 0.438. The average Bonchev–Trinajstić information content (AvgIpc) is 2.37. The summed E-state index contributed by atoms with van der Waals surface area (Å²) in [6, 6.07) is 11.0. The lowest BCUT2D eigenvalue weighted by Crippen LogP contribution is -2.40. The summed E-state index contributed by atoms with van der Waals surface area (Å²) in [7, 11) is 0. The van der Waals surface area contributed by atoms with Gasteiger partial charge < -0.3 is 10.1 Å². The first-order valence-electron chi connectivity index (χ1n) is 7.01. The van der Waals surface area contributed by atoms with Crippen LogP contribution in [0.3, 0.4) is 0 Å². The normalized spacial score (nSPS) is 22.2. The molecule has 0 aliphatic heterocycles. The van der Waals surface area contributed by atoms with E-state index in [4.69, 9.17) is 4.74 Å². The van der Waals surface area contributed by atoms with Gasteiger partial charge in [-0.15, -0.1) is 0 Å². The fourth-order valence-electron chi connectivity index (χ4n) is 2.64. The molecule has 100 valence electrons. The number of nitrogens with one attached hydrogen (secondary N) is 1. The standard InChI is InChI=1S/C16H20N2O/c1-3-19-14-9-13(10-14)18-15-6-4-5-12-8-7-11(2)17-16(12)15/h4-8,13-14,18H,3,9-10H2,1-2H3. The molecule has 0 bridgehead atoms. The number of benzene rings is 1. The second-order valence-electron chi connectivity index (χ2n) is 5.22. The number of hydrogen-bond donors (Lipinski definition) is 1. The van der Waals surface area contributed by atoms with E-state index in [9.17, 15) is 0 Å². The summed E-state index contributed by atoms with van der Waals surface area (Å²) in [6.45, 7) is 4.90. The number of anilines is 1. The van der Waals surface area contributed by atoms with E-state index in [0.717, 1.165) is 36.3 Å². The van der Waals surface area contributed by atoms with Crippen LogP contribution in [0.1, 0.15) is 25.5 Å². The molecule has 0 saturated heterocycles. The van der Waals surface area contributed by atoms with E-state index >= 15 is 0 Å². The van der Waals surface area contributed by atoms with E-state index < -0.39 is 0 Å². The molecule has 0 atom stereocenters. The molecule has 0 spiro atoms. The van der Waals surface area contributed by atoms with Crippen LogP contribution in [0, 0.1) is 6.92 Å². The SMILES string of the molecule is CCOC1CC(Nc2cccc3ccc(C)nc23)C1. The van der Waals surface area contributed by atoms with Gasteiger partial charge in [0.2, 0.25) is 0 Å². The summed E-state index contributed by atoms with van der Waals surface area (Å²) in [4.78, 5) is 4.65. The molecule has 3 rings (SSSR count). The molecule has 1 saturated carbocycles. The van der Waals surface area contributed by atoms with Gasteiger partial charge in [0.1, 0.15) is 0 Å². The Labute approximate surface area is 114 Å². The Morgan fingerprint density at radius 3 is 2.89 bits per heavy atom. The lowest BCUT2D eigenvalue weighted by Gasteiger charge is -2.36. The van der Waals surface area contributed by atoms with Gasteiger partial charge in [-0.25, -0.2) is 0 Å². The van der Waals surface area contributed by atoms with Crippen molar-refractivity contribution in [1.82, 2.24) is 4.98 Å².